The molecule has 3 aromatic heterocycles. The number of carbonyl (C=O) groups is 1. The van der Waals surface area contributed by atoms with Gasteiger partial charge in [-0.2, -0.15) is 9.78 Å². The summed E-state index contributed by atoms with van der Waals surface area (Å²) in [5.41, 5.74) is 1.17. The van der Waals surface area contributed by atoms with Gasteiger partial charge in [-0.15, -0.1) is 5.10 Å². The number of aryl methyl sites for hydroxylation is 3. The largest absolute Gasteiger partial charge is 0.479 e. The Bertz CT molecular complexity index is 999. The molecule has 0 unspecified atom stereocenters. The van der Waals surface area contributed by atoms with Gasteiger partial charge in [0.05, 0.1) is 12.8 Å². The quantitative estimate of drug-likeness (QED) is 0.714. The highest BCUT2D eigenvalue weighted by molar-refractivity contribution is 6.05. The van der Waals surface area contributed by atoms with Crippen molar-refractivity contribution in [3.63, 3.8) is 0 Å². The molecule has 0 saturated carbocycles. The number of ether oxygens (including phenoxy) is 1. The van der Waals surface area contributed by atoms with Crippen LogP contribution >= 0.6 is 0 Å². The Morgan fingerprint density at radius 1 is 1.24 bits per heavy atom. The number of hydrogen-bond acceptors (Lipinski definition) is 6. The van der Waals surface area contributed by atoms with Gasteiger partial charge in [0.15, 0.2) is 0 Å². The van der Waals surface area contributed by atoms with Crippen LogP contribution in [0, 0.1) is 13.8 Å². The number of methoxy groups -OCH3 is 1. The number of aromatic nitrogens is 6. The standard InChI is InChI=1S/C15H17N7O3/c1-8-6-12(23)18-15(16-8)22-11(5-9(2)19-22)17-13(24)10-7-21(3)20-14(10)25-4/h5-7H,1-4H3,(H,17,24)(H,16,18,23). The Morgan fingerprint density at radius 3 is 2.68 bits per heavy atom. The molecule has 0 aliphatic carbocycles. The molecule has 0 fully saturated rings. The fourth-order valence-corrected chi connectivity index (χ4v) is 2.37. The molecule has 1 amide bonds. The van der Waals surface area contributed by atoms with E-state index < -0.39 is 5.91 Å². The average Bonchev–Trinajstić information content (AvgIpc) is 3.08. The molecule has 0 aromatic carbocycles. The Labute approximate surface area is 142 Å². The number of carbonyl (C=O) groups excluding carboxylic acids is 1. The van der Waals surface area contributed by atoms with Crippen molar-refractivity contribution in [3.8, 4) is 11.8 Å². The number of amides is 1. The second kappa shape index (κ2) is 6.23. The first-order valence-electron chi connectivity index (χ1n) is 7.41. The lowest BCUT2D eigenvalue weighted by atomic mass is 10.3. The Kier molecular flexibility index (Phi) is 4.09. The van der Waals surface area contributed by atoms with Crippen LogP contribution in [-0.2, 0) is 7.05 Å². The molecule has 25 heavy (non-hydrogen) atoms. The number of H-pyrrole nitrogens is 1. The minimum Gasteiger partial charge on any atom is -0.479 e. The van der Waals surface area contributed by atoms with Crippen LogP contribution in [-0.4, -0.2) is 42.5 Å². The molecule has 3 aromatic rings. The van der Waals surface area contributed by atoms with E-state index in [-0.39, 0.29) is 23.0 Å². The number of rotatable bonds is 4. The molecule has 0 aliphatic rings. The third-order valence-electron chi connectivity index (χ3n) is 3.36. The van der Waals surface area contributed by atoms with Crippen molar-refractivity contribution >= 4 is 11.7 Å². The number of anilines is 1. The van der Waals surface area contributed by atoms with Gasteiger partial charge in [-0.25, -0.2) is 4.98 Å². The van der Waals surface area contributed by atoms with E-state index in [4.69, 9.17) is 4.74 Å². The van der Waals surface area contributed by atoms with Crippen molar-refractivity contribution in [3.05, 3.63) is 45.6 Å². The van der Waals surface area contributed by atoms with E-state index in [1.54, 1.807) is 33.2 Å². The third kappa shape index (κ3) is 3.27. The predicted octanol–water partition coefficient (Wildman–Crippen LogP) is 0.567. The first-order valence-corrected chi connectivity index (χ1v) is 7.41. The number of nitrogens with zero attached hydrogens (tertiary/aromatic N) is 5. The maximum absolute atomic E-state index is 12.6. The van der Waals surface area contributed by atoms with Crippen molar-refractivity contribution in [2.75, 3.05) is 12.4 Å². The van der Waals surface area contributed by atoms with Gasteiger partial charge in [-0.3, -0.25) is 19.3 Å². The van der Waals surface area contributed by atoms with Gasteiger partial charge in [-0.05, 0) is 13.8 Å². The summed E-state index contributed by atoms with van der Waals surface area (Å²) in [6.07, 6.45) is 1.55. The summed E-state index contributed by atoms with van der Waals surface area (Å²) in [5, 5.41) is 11.1. The first kappa shape index (κ1) is 16.4. The zero-order valence-electron chi connectivity index (χ0n) is 14.2. The fraction of sp³-hybridized carbons (Fsp3) is 0.267. The molecule has 10 heteroatoms. The highest BCUT2D eigenvalue weighted by Gasteiger charge is 2.19. The molecule has 0 saturated heterocycles. The van der Waals surface area contributed by atoms with Crippen LogP contribution < -0.4 is 15.6 Å². The summed E-state index contributed by atoms with van der Waals surface area (Å²) < 4.78 is 7.95. The van der Waals surface area contributed by atoms with Crippen LogP contribution in [0.3, 0.4) is 0 Å². The molecule has 0 bridgehead atoms. The Morgan fingerprint density at radius 2 is 2.00 bits per heavy atom. The van der Waals surface area contributed by atoms with Crippen molar-refractivity contribution in [1.29, 1.82) is 0 Å². The summed E-state index contributed by atoms with van der Waals surface area (Å²) in [5.74, 6) is 0.375. The van der Waals surface area contributed by atoms with Gasteiger partial charge in [-0.1, -0.05) is 0 Å². The molecule has 10 nitrogen and oxygen atoms in total. The maximum Gasteiger partial charge on any atom is 0.263 e. The zero-order valence-corrected chi connectivity index (χ0v) is 14.2. The normalized spacial score (nSPS) is 10.7. The second-order valence-electron chi connectivity index (χ2n) is 5.47. The lowest BCUT2D eigenvalue weighted by molar-refractivity contribution is 0.102. The molecule has 0 atom stereocenters. The topological polar surface area (TPSA) is 120 Å². The van der Waals surface area contributed by atoms with Crippen LogP contribution in [0.4, 0.5) is 5.82 Å². The molecular formula is C15H17N7O3. The van der Waals surface area contributed by atoms with Gasteiger partial charge in [0, 0.05) is 31.1 Å². The lowest BCUT2D eigenvalue weighted by Crippen LogP contribution is -2.19. The molecule has 0 aliphatic heterocycles. The van der Waals surface area contributed by atoms with Crippen molar-refractivity contribution in [2.45, 2.75) is 13.8 Å². The average molecular weight is 343 g/mol. The smallest absolute Gasteiger partial charge is 0.263 e. The van der Waals surface area contributed by atoms with E-state index >= 15 is 0 Å². The first-order chi connectivity index (χ1) is 11.9. The van der Waals surface area contributed by atoms with Gasteiger partial charge < -0.3 is 10.1 Å². The van der Waals surface area contributed by atoms with Crippen molar-refractivity contribution in [1.82, 2.24) is 29.5 Å². The fourth-order valence-electron chi connectivity index (χ4n) is 2.37. The third-order valence-corrected chi connectivity index (χ3v) is 3.36. The summed E-state index contributed by atoms with van der Waals surface area (Å²) in [6.45, 7) is 3.47. The maximum atomic E-state index is 12.6. The van der Waals surface area contributed by atoms with Gasteiger partial charge in [0.1, 0.15) is 11.4 Å². The molecule has 2 N–H and O–H groups in total. The second-order valence-corrected chi connectivity index (χ2v) is 5.47. The number of nitrogens with one attached hydrogen (secondary N) is 2. The van der Waals surface area contributed by atoms with E-state index in [9.17, 15) is 9.59 Å². The van der Waals surface area contributed by atoms with Crippen LogP contribution in [0.15, 0.2) is 23.1 Å². The van der Waals surface area contributed by atoms with E-state index in [0.29, 0.717) is 17.2 Å². The summed E-state index contributed by atoms with van der Waals surface area (Å²) in [4.78, 5) is 31.1. The summed E-state index contributed by atoms with van der Waals surface area (Å²) in [7, 11) is 3.13. The van der Waals surface area contributed by atoms with Crippen molar-refractivity contribution in [2.24, 2.45) is 7.05 Å². The highest BCUT2D eigenvalue weighted by Crippen LogP contribution is 2.19. The van der Waals surface area contributed by atoms with Gasteiger partial charge in [0.25, 0.3) is 11.5 Å². The molecule has 3 heterocycles. The van der Waals surface area contributed by atoms with E-state index in [2.05, 4.69) is 25.5 Å². The minimum atomic E-state index is -0.416. The molecule has 3 rings (SSSR count). The molecule has 130 valence electrons. The molecular weight excluding hydrogens is 326 g/mol. The van der Waals surface area contributed by atoms with Crippen LogP contribution in [0.5, 0.6) is 5.88 Å². The van der Waals surface area contributed by atoms with Crippen molar-refractivity contribution < 1.29 is 9.53 Å². The summed E-state index contributed by atoms with van der Waals surface area (Å²) >= 11 is 0. The van der Waals surface area contributed by atoms with E-state index in [1.165, 1.54) is 22.5 Å². The van der Waals surface area contributed by atoms with Gasteiger partial charge >= 0.3 is 0 Å². The molecule has 0 radical (unpaired) electrons. The van der Waals surface area contributed by atoms with Gasteiger partial charge in [0.2, 0.25) is 11.8 Å². The molecule has 0 spiro atoms. The van der Waals surface area contributed by atoms with Crippen LogP contribution in [0.1, 0.15) is 21.7 Å². The Hall–Kier alpha value is -3.43. The predicted molar refractivity (Wildman–Crippen MR) is 89.2 cm³/mol. The monoisotopic (exact) mass is 343 g/mol. The van der Waals surface area contributed by atoms with E-state index in [0.717, 1.165) is 0 Å². The lowest BCUT2D eigenvalue weighted by Gasteiger charge is -2.08. The SMILES string of the molecule is COc1nn(C)cc1C(=O)Nc1cc(C)nn1-c1nc(C)cc(=O)[nH]1. The summed E-state index contributed by atoms with van der Waals surface area (Å²) in [6, 6.07) is 3.04. The van der Waals surface area contributed by atoms with Crippen LogP contribution in [0.2, 0.25) is 0 Å². The zero-order chi connectivity index (χ0) is 18.1. The minimum absolute atomic E-state index is 0.213. The number of hydrogen-bond donors (Lipinski definition) is 2. The highest BCUT2D eigenvalue weighted by atomic mass is 16.5. The Balaban J connectivity index is 1.98. The van der Waals surface area contributed by atoms with E-state index in [1.807, 2.05) is 0 Å². The number of aromatic amines is 1. The van der Waals surface area contributed by atoms with Crippen LogP contribution in [0.25, 0.3) is 5.95 Å².